The fraction of sp³-hybridized carbons (Fsp3) is 0.682. The van der Waals surface area contributed by atoms with E-state index >= 15 is 0 Å². The van der Waals surface area contributed by atoms with Gasteiger partial charge in [-0.3, -0.25) is 4.79 Å². The van der Waals surface area contributed by atoms with Crippen LogP contribution in [0.2, 0.25) is 0 Å². The van der Waals surface area contributed by atoms with Gasteiger partial charge in [-0.15, -0.1) is 0 Å². The van der Waals surface area contributed by atoms with Crippen molar-refractivity contribution >= 4 is 11.6 Å². The van der Waals surface area contributed by atoms with Crippen LogP contribution in [0.1, 0.15) is 49.9 Å². The molecule has 5 nitrogen and oxygen atoms in total. The number of hydrogen-bond acceptors (Lipinski definition) is 4. The summed E-state index contributed by atoms with van der Waals surface area (Å²) in [5.74, 6) is 0.122. The third-order valence-corrected chi connectivity index (χ3v) is 6.31. The summed E-state index contributed by atoms with van der Waals surface area (Å²) in [5.41, 5.74) is 2.03. The first-order valence-corrected chi connectivity index (χ1v) is 10.6. The van der Waals surface area contributed by atoms with Gasteiger partial charge in [0.15, 0.2) is 0 Å². The van der Waals surface area contributed by atoms with E-state index in [9.17, 15) is 4.79 Å². The molecule has 0 radical (unpaired) electrons. The van der Waals surface area contributed by atoms with Crippen LogP contribution in [-0.2, 0) is 4.74 Å². The van der Waals surface area contributed by atoms with Crippen molar-refractivity contribution in [3.63, 3.8) is 0 Å². The lowest BCUT2D eigenvalue weighted by Crippen LogP contribution is -2.48. The number of ether oxygens (including phenoxy) is 1. The number of nitrogens with zero attached hydrogens (tertiary/aromatic N) is 3. The van der Waals surface area contributed by atoms with Crippen molar-refractivity contribution in [3.8, 4) is 0 Å². The minimum atomic E-state index is 0.105. The number of amides is 1. The Balaban J connectivity index is 1.34. The van der Waals surface area contributed by atoms with Gasteiger partial charge >= 0.3 is 0 Å². The van der Waals surface area contributed by atoms with Crippen LogP contribution in [0, 0.1) is 0 Å². The Morgan fingerprint density at radius 1 is 0.926 bits per heavy atom. The summed E-state index contributed by atoms with van der Waals surface area (Å²) < 4.78 is 5.74. The summed E-state index contributed by atoms with van der Waals surface area (Å²) in [6.07, 6.45) is 5.46. The minimum Gasteiger partial charge on any atom is -0.372 e. The van der Waals surface area contributed by atoms with Gasteiger partial charge < -0.3 is 19.4 Å². The number of benzene rings is 1. The van der Waals surface area contributed by atoms with E-state index in [4.69, 9.17) is 4.74 Å². The third-order valence-electron chi connectivity index (χ3n) is 6.31. The average Bonchev–Trinajstić information content (AvgIpc) is 3.22. The Morgan fingerprint density at radius 3 is 2.11 bits per heavy atom. The van der Waals surface area contributed by atoms with Gasteiger partial charge in [-0.2, -0.15) is 0 Å². The molecular formula is C22H33N3O2. The van der Waals surface area contributed by atoms with Gasteiger partial charge in [0, 0.05) is 43.5 Å². The number of carbonyl (C=O) groups excluding carboxylic acids is 1. The first-order valence-electron chi connectivity index (χ1n) is 10.6. The molecule has 4 rings (SSSR count). The van der Waals surface area contributed by atoms with Gasteiger partial charge in [-0.05, 0) is 76.9 Å². The summed E-state index contributed by atoms with van der Waals surface area (Å²) in [4.78, 5) is 19.9. The SMILES string of the molecule is CC1CN(C(=O)c2ccc(N3CCC(N4CCCC4)CC3)cc2)C[C@@H](C)O1. The Labute approximate surface area is 163 Å². The summed E-state index contributed by atoms with van der Waals surface area (Å²) >= 11 is 0. The topological polar surface area (TPSA) is 36.0 Å². The van der Waals surface area contributed by atoms with Crippen molar-refractivity contribution in [1.29, 1.82) is 0 Å². The Hall–Kier alpha value is -1.59. The molecule has 0 saturated carbocycles. The molecule has 27 heavy (non-hydrogen) atoms. The van der Waals surface area contributed by atoms with Crippen molar-refractivity contribution < 1.29 is 9.53 Å². The summed E-state index contributed by atoms with van der Waals surface area (Å²) in [6.45, 7) is 10.2. The number of likely N-dealkylation sites (tertiary alicyclic amines) is 1. The van der Waals surface area contributed by atoms with Gasteiger partial charge in [0.2, 0.25) is 0 Å². The lowest BCUT2D eigenvalue weighted by atomic mass is 10.0. The minimum absolute atomic E-state index is 0.105. The Bertz CT molecular complexity index is 623. The van der Waals surface area contributed by atoms with Crippen molar-refractivity contribution in [2.75, 3.05) is 44.2 Å². The van der Waals surface area contributed by atoms with Crippen LogP contribution in [0.3, 0.4) is 0 Å². The molecule has 3 aliphatic rings. The maximum Gasteiger partial charge on any atom is 0.254 e. The number of piperidine rings is 1. The monoisotopic (exact) mass is 371 g/mol. The summed E-state index contributed by atoms with van der Waals surface area (Å²) in [6, 6.07) is 9.01. The van der Waals surface area contributed by atoms with Crippen molar-refractivity contribution in [1.82, 2.24) is 9.80 Å². The van der Waals surface area contributed by atoms with E-state index in [0.717, 1.165) is 24.7 Å². The predicted molar refractivity (Wildman–Crippen MR) is 108 cm³/mol. The molecule has 1 amide bonds. The molecule has 2 atom stereocenters. The molecule has 3 heterocycles. The molecule has 0 N–H and O–H groups in total. The van der Waals surface area contributed by atoms with Crippen LogP contribution in [0.5, 0.6) is 0 Å². The fourth-order valence-corrected chi connectivity index (χ4v) is 4.94. The van der Waals surface area contributed by atoms with E-state index in [1.165, 1.54) is 44.5 Å². The number of hydrogen-bond donors (Lipinski definition) is 0. The Kier molecular flexibility index (Phi) is 5.69. The lowest BCUT2D eigenvalue weighted by molar-refractivity contribution is -0.0586. The molecule has 3 aliphatic heterocycles. The normalized spacial score (nSPS) is 27.9. The van der Waals surface area contributed by atoms with Gasteiger partial charge in [0.05, 0.1) is 12.2 Å². The molecule has 148 valence electrons. The van der Waals surface area contributed by atoms with E-state index in [0.29, 0.717) is 13.1 Å². The second kappa shape index (κ2) is 8.19. The van der Waals surface area contributed by atoms with Gasteiger partial charge in [-0.25, -0.2) is 0 Å². The molecular weight excluding hydrogens is 338 g/mol. The van der Waals surface area contributed by atoms with E-state index in [-0.39, 0.29) is 18.1 Å². The van der Waals surface area contributed by atoms with Crippen LogP contribution >= 0.6 is 0 Å². The quantitative estimate of drug-likeness (QED) is 0.818. The summed E-state index contributed by atoms with van der Waals surface area (Å²) in [5, 5.41) is 0. The highest BCUT2D eigenvalue weighted by Gasteiger charge is 2.28. The third kappa shape index (κ3) is 4.30. The van der Waals surface area contributed by atoms with Gasteiger partial charge in [0.25, 0.3) is 5.91 Å². The number of morpholine rings is 1. The molecule has 3 fully saturated rings. The second-order valence-electron chi connectivity index (χ2n) is 8.48. The van der Waals surface area contributed by atoms with Crippen molar-refractivity contribution in [2.24, 2.45) is 0 Å². The average molecular weight is 372 g/mol. The largest absolute Gasteiger partial charge is 0.372 e. The van der Waals surface area contributed by atoms with Crippen molar-refractivity contribution in [3.05, 3.63) is 29.8 Å². The molecule has 0 aliphatic carbocycles. The molecule has 1 unspecified atom stereocenters. The maximum absolute atomic E-state index is 12.8. The van der Waals surface area contributed by atoms with Crippen LogP contribution < -0.4 is 4.90 Å². The van der Waals surface area contributed by atoms with E-state index in [2.05, 4.69) is 21.9 Å². The summed E-state index contributed by atoms with van der Waals surface area (Å²) in [7, 11) is 0. The maximum atomic E-state index is 12.8. The predicted octanol–water partition coefficient (Wildman–Crippen LogP) is 3.00. The molecule has 0 bridgehead atoms. The first kappa shape index (κ1) is 18.8. The van der Waals surface area contributed by atoms with Crippen LogP contribution in [-0.4, -0.2) is 73.2 Å². The zero-order valence-corrected chi connectivity index (χ0v) is 16.8. The first-order chi connectivity index (χ1) is 13.1. The zero-order chi connectivity index (χ0) is 18.8. The highest BCUT2D eigenvalue weighted by Crippen LogP contribution is 2.25. The number of rotatable bonds is 3. The van der Waals surface area contributed by atoms with Crippen LogP contribution in [0.4, 0.5) is 5.69 Å². The standard InChI is InChI=1S/C22H33N3O2/c1-17-15-25(16-18(2)27-17)22(26)19-5-7-20(8-6-19)24-13-9-21(10-14-24)23-11-3-4-12-23/h5-8,17-18,21H,3-4,9-16H2,1-2H3/t17-,18?/m1/s1. The van der Waals surface area contributed by atoms with Gasteiger partial charge in [-0.1, -0.05) is 0 Å². The zero-order valence-electron chi connectivity index (χ0n) is 16.8. The molecule has 1 aromatic carbocycles. The second-order valence-corrected chi connectivity index (χ2v) is 8.48. The Morgan fingerprint density at radius 2 is 1.52 bits per heavy atom. The number of anilines is 1. The molecule has 3 saturated heterocycles. The molecule has 0 aromatic heterocycles. The van der Waals surface area contributed by atoms with E-state index in [1.54, 1.807) is 0 Å². The number of carbonyl (C=O) groups is 1. The molecule has 0 spiro atoms. The van der Waals surface area contributed by atoms with E-state index < -0.39 is 0 Å². The lowest BCUT2D eigenvalue weighted by Gasteiger charge is -2.38. The van der Waals surface area contributed by atoms with Crippen LogP contribution in [0.25, 0.3) is 0 Å². The van der Waals surface area contributed by atoms with E-state index in [1.807, 2.05) is 30.9 Å². The molecule has 1 aromatic rings. The smallest absolute Gasteiger partial charge is 0.254 e. The highest BCUT2D eigenvalue weighted by molar-refractivity contribution is 5.94. The van der Waals surface area contributed by atoms with Crippen LogP contribution in [0.15, 0.2) is 24.3 Å². The highest BCUT2D eigenvalue weighted by atomic mass is 16.5. The molecule has 5 heteroatoms. The van der Waals surface area contributed by atoms with Crippen molar-refractivity contribution in [2.45, 2.75) is 57.8 Å². The van der Waals surface area contributed by atoms with Gasteiger partial charge in [0.1, 0.15) is 0 Å². The fourth-order valence-electron chi connectivity index (χ4n) is 4.94.